The molecule has 1 saturated heterocycles. The number of ether oxygens (including phenoxy) is 1. The molecule has 124 valence electrons. The Morgan fingerprint density at radius 3 is 2.52 bits per heavy atom. The van der Waals surface area contributed by atoms with Crippen molar-refractivity contribution in [2.75, 3.05) is 11.9 Å². The van der Waals surface area contributed by atoms with Crippen LogP contribution in [0.25, 0.3) is 11.0 Å². The number of nitrogens with one attached hydrogen (secondary N) is 1. The molecule has 0 spiro atoms. The molecular formula is C15H17NO7. The van der Waals surface area contributed by atoms with Gasteiger partial charge in [-0.25, -0.2) is 4.79 Å². The molecular weight excluding hydrogens is 306 g/mol. The molecule has 23 heavy (non-hydrogen) atoms. The van der Waals surface area contributed by atoms with Crippen LogP contribution >= 0.6 is 0 Å². The predicted molar refractivity (Wildman–Crippen MR) is 79.9 cm³/mol. The largest absolute Gasteiger partial charge is 0.423 e. The van der Waals surface area contributed by atoms with Crippen molar-refractivity contribution in [3.63, 3.8) is 0 Å². The van der Waals surface area contributed by atoms with Crippen LogP contribution in [0.3, 0.4) is 0 Å². The maximum absolute atomic E-state index is 11.2. The van der Waals surface area contributed by atoms with Crippen molar-refractivity contribution in [2.24, 2.45) is 0 Å². The average Bonchev–Trinajstić information content (AvgIpc) is 2.54. The molecule has 0 aliphatic carbocycles. The van der Waals surface area contributed by atoms with E-state index < -0.39 is 36.3 Å². The Bertz CT molecular complexity index is 746. The van der Waals surface area contributed by atoms with E-state index in [-0.39, 0.29) is 6.54 Å². The summed E-state index contributed by atoms with van der Waals surface area (Å²) in [6, 6.07) is 8.10. The monoisotopic (exact) mass is 323 g/mol. The van der Waals surface area contributed by atoms with Gasteiger partial charge in [-0.05, 0) is 18.2 Å². The lowest BCUT2D eigenvalue weighted by molar-refractivity contribution is -0.278. The Morgan fingerprint density at radius 1 is 1.00 bits per heavy atom. The fourth-order valence-corrected chi connectivity index (χ4v) is 2.49. The Labute approximate surface area is 130 Å². The molecule has 0 radical (unpaired) electrons. The van der Waals surface area contributed by atoms with Gasteiger partial charge in [-0.2, -0.15) is 0 Å². The third kappa shape index (κ3) is 3.21. The summed E-state index contributed by atoms with van der Waals surface area (Å²) >= 11 is 0. The molecule has 1 aliphatic heterocycles. The van der Waals surface area contributed by atoms with Crippen LogP contribution < -0.4 is 10.9 Å². The van der Waals surface area contributed by atoms with Crippen LogP contribution in [0.2, 0.25) is 0 Å². The van der Waals surface area contributed by atoms with Gasteiger partial charge in [0.15, 0.2) is 6.29 Å². The van der Waals surface area contributed by atoms with Gasteiger partial charge in [0, 0.05) is 29.8 Å². The number of aliphatic hydroxyl groups excluding tert-OH is 4. The molecule has 5 atom stereocenters. The van der Waals surface area contributed by atoms with E-state index in [0.717, 1.165) is 5.39 Å². The van der Waals surface area contributed by atoms with E-state index in [9.17, 15) is 25.2 Å². The first-order chi connectivity index (χ1) is 11.0. The van der Waals surface area contributed by atoms with Crippen LogP contribution in [0.4, 0.5) is 5.69 Å². The summed E-state index contributed by atoms with van der Waals surface area (Å²) in [7, 11) is 0. The molecule has 1 fully saturated rings. The number of hydrogen-bond acceptors (Lipinski definition) is 8. The summed E-state index contributed by atoms with van der Waals surface area (Å²) in [5.41, 5.74) is 0.557. The SMILES string of the molecule is O=c1ccc2ccc(NCC3OC(O)C(O)[C@@H](O)[C@@H]3O)cc2o1. The number of rotatable bonds is 3. The fourth-order valence-electron chi connectivity index (χ4n) is 2.49. The van der Waals surface area contributed by atoms with Crippen LogP contribution in [0.15, 0.2) is 39.5 Å². The van der Waals surface area contributed by atoms with Gasteiger partial charge in [0.1, 0.15) is 30.0 Å². The zero-order chi connectivity index (χ0) is 16.6. The zero-order valence-electron chi connectivity index (χ0n) is 12.0. The van der Waals surface area contributed by atoms with Gasteiger partial charge in [0.25, 0.3) is 0 Å². The molecule has 3 unspecified atom stereocenters. The average molecular weight is 323 g/mol. The van der Waals surface area contributed by atoms with Gasteiger partial charge in [-0.15, -0.1) is 0 Å². The highest BCUT2D eigenvalue weighted by molar-refractivity contribution is 5.80. The second-order valence-corrected chi connectivity index (χ2v) is 5.42. The first kappa shape index (κ1) is 15.9. The van der Waals surface area contributed by atoms with Crippen LogP contribution in [-0.2, 0) is 4.74 Å². The number of aliphatic hydroxyl groups is 4. The van der Waals surface area contributed by atoms with E-state index >= 15 is 0 Å². The molecule has 1 aromatic heterocycles. The van der Waals surface area contributed by atoms with Crippen molar-refractivity contribution < 1.29 is 29.6 Å². The van der Waals surface area contributed by atoms with Crippen LogP contribution in [-0.4, -0.2) is 57.7 Å². The van der Waals surface area contributed by atoms with E-state index in [0.29, 0.717) is 11.3 Å². The maximum atomic E-state index is 11.2. The fraction of sp³-hybridized carbons (Fsp3) is 0.400. The lowest BCUT2D eigenvalue weighted by atomic mass is 9.99. The molecule has 0 amide bonds. The second kappa shape index (κ2) is 6.26. The minimum atomic E-state index is -1.57. The minimum absolute atomic E-state index is 0.0740. The number of benzene rings is 1. The quantitative estimate of drug-likeness (QED) is 0.455. The molecule has 8 heteroatoms. The van der Waals surface area contributed by atoms with Crippen molar-refractivity contribution in [1.29, 1.82) is 0 Å². The second-order valence-electron chi connectivity index (χ2n) is 5.42. The van der Waals surface area contributed by atoms with E-state index in [1.54, 1.807) is 24.3 Å². The highest BCUT2D eigenvalue weighted by Gasteiger charge is 2.42. The van der Waals surface area contributed by atoms with Gasteiger partial charge >= 0.3 is 5.63 Å². The van der Waals surface area contributed by atoms with Gasteiger partial charge in [-0.1, -0.05) is 0 Å². The van der Waals surface area contributed by atoms with Crippen molar-refractivity contribution in [1.82, 2.24) is 0 Å². The molecule has 3 rings (SSSR count). The molecule has 8 nitrogen and oxygen atoms in total. The standard InChI is InChI=1S/C15H17NO7/c17-11-4-2-7-1-3-8(5-9(7)22-11)16-6-10-12(18)13(19)14(20)15(21)23-10/h1-5,10,12-16,18-21H,6H2/t10?,12-,13+,14?,15?/m1/s1. The Balaban J connectivity index is 1.71. The van der Waals surface area contributed by atoms with Crippen molar-refractivity contribution in [2.45, 2.75) is 30.7 Å². The van der Waals surface area contributed by atoms with E-state index in [1.807, 2.05) is 0 Å². The first-order valence-electron chi connectivity index (χ1n) is 7.11. The van der Waals surface area contributed by atoms with E-state index in [2.05, 4.69) is 5.32 Å². The molecule has 5 N–H and O–H groups in total. The first-order valence-corrected chi connectivity index (χ1v) is 7.11. The number of fused-ring (bicyclic) bond motifs is 1. The molecule has 1 aliphatic rings. The minimum Gasteiger partial charge on any atom is -0.423 e. The third-order valence-electron chi connectivity index (χ3n) is 3.82. The molecule has 0 bridgehead atoms. The Hall–Kier alpha value is -1.97. The Morgan fingerprint density at radius 2 is 1.74 bits per heavy atom. The van der Waals surface area contributed by atoms with Gasteiger partial charge in [-0.3, -0.25) is 0 Å². The van der Waals surface area contributed by atoms with Crippen LogP contribution in [0.1, 0.15) is 0 Å². The van der Waals surface area contributed by atoms with Crippen molar-refractivity contribution >= 4 is 16.7 Å². The van der Waals surface area contributed by atoms with E-state index in [4.69, 9.17) is 9.15 Å². The summed E-state index contributed by atoms with van der Waals surface area (Å²) in [4.78, 5) is 11.2. The maximum Gasteiger partial charge on any atom is 0.336 e. The lowest BCUT2D eigenvalue weighted by Crippen LogP contribution is -2.59. The lowest BCUT2D eigenvalue weighted by Gasteiger charge is -2.38. The topological polar surface area (TPSA) is 132 Å². The van der Waals surface area contributed by atoms with Crippen LogP contribution in [0, 0.1) is 0 Å². The molecule has 2 heterocycles. The summed E-state index contributed by atoms with van der Waals surface area (Å²) in [6.07, 6.45) is -6.90. The number of hydrogen-bond donors (Lipinski definition) is 5. The summed E-state index contributed by atoms with van der Waals surface area (Å²) in [5, 5.41) is 42.1. The predicted octanol–water partition coefficient (Wildman–Crippen LogP) is -0.995. The van der Waals surface area contributed by atoms with Gasteiger partial charge in [0.05, 0.1) is 0 Å². The van der Waals surface area contributed by atoms with Crippen LogP contribution in [0.5, 0.6) is 0 Å². The van der Waals surface area contributed by atoms with Crippen molar-refractivity contribution in [3.8, 4) is 0 Å². The summed E-state index contributed by atoms with van der Waals surface area (Å²) in [6.45, 7) is 0.0740. The third-order valence-corrected chi connectivity index (χ3v) is 3.82. The number of anilines is 1. The summed E-state index contributed by atoms with van der Waals surface area (Å²) < 4.78 is 10.1. The van der Waals surface area contributed by atoms with Crippen molar-refractivity contribution in [3.05, 3.63) is 40.8 Å². The zero-order valence-corrected chi connectivity index (χ0v) is 12.0. The summed E-state index contributed by atoms with van der Waals surface area (Å²) in [5.74, 6) is 0. The molecule has 2 aromatic rings. The molecule has 0 saturated carbocycles. The smallest absolute Gasteiger partial charge is 0.336 e. The highest BCUT2D eigenvalue weighted by Crippen LogP contribution is 2.22. The van der Waals surface area contributed by atoms with E-state index in [1.165, 1.54) is 6.07 Å². The van der Waals surface area contributed by atoms with Gasteiger partial charge < -0.3 is 34.9 Å². The van der Waals surface area contributed by atoms with Gasteiger partial charge in [0.2, 0.25) is 0 Å². The normalized spacial score (nSPS) is 31.2. The Kier molecular flexibility index (Phi) is 4.33. The highest BCUT2D eigenvalue weighted by atomic mass is 16.6. The molecule has 1 aromatic carbocycles.